The molecule has 2 fully saturated rings. The molecule has 0 radical (unpaired) electrons. The lowest BCUT2D eigenvalue weighted by molar-refractivity contribution is -0.125. The molecule has 2 heteroatoms. The van der Waals surface area contributed by atoms with Gasteiger partial charge in [-0.05, 0) is 31.6 Å². The number of amides is 1. The number of hydrogen-bond donors (Lipinski definition) is 1. The van der Waals surface area contributed by atoms with Gasteiger partial charge in [-0.3, -0.25) is 4.79 Å². The molecule has 0 bridgehead atoms. The molecule has 0 unspecified atom stereocenters. The summed E-state index contributed by atoms with van der Waals surface area (Å²) in [6, 6.07) is 0. The largest absolute Gasteiger partial charge is 0.356 e. The maximum Gasteiger partial charge on any atom is 0.223 e. The number of rotatable bonds is 3. The van der Waals surface area contributed by atoms with Gasteiger partial charge in [-0.15, -0.1) is 0 Å². The Kier molecular flexibility index (Phi) is 7.46. The van der Waals surface area contributed by atoms with E-state index in [-0.39, 0.29) is 0 Å². The van der Waals surface area contributed by atoms with Crippen molar-refractivity contribution in [1.82, 2.24) is 5.32 Å². The summed E-state index contributed by atoms with van der Waals surface area (Å²) in [5.41, 5.74) is 0. The molecule has 1 N–H and O–H groups in total. The first-order valence-corrected chi connectivity index (χ1v) is 9.14. The third-order valence-electron chi connectivity index (χ3n) is 5.27. The molecule has 0 aromatic rings. The molecule has 2 aliphatic rings. The molecule has 0 aliphatic heterocycles. The maximum atomic E-state index is 12.3. The molecule has 0 heterocycles. The van der Waals surface area contributed by atoms with Crippen LogP contribution in [0.15, 0.2) is 0 Å². The minimum atomic E-state index is 0.309. The summed E-state index contributed by atoms with van der Waals surface area (Å²) < 4.78 is 0. The van der Waals surface area contributed by atoms with Crippen molar-refractivity contribution >= 4 is 5.91 Å². The number of carbonyl (C=O) groups excluding carboxylic acids is 1. The van der Waals surface area contributed by atoms with Crippen LogP contribution in [-0.4, -0.2) is 12.5 Å². The normalized spacial score (nSPS) is 24.2. The summed E-state index contributed by atoms with van der Waals surface area (Å²) >= 11 is 0. The van der Waals surface area contributed by atoms with Gasteiger partial charge in [-0.25, -0.2) is 0 Å². The molecule has 116 valence electrons. The molecule has 1 amide bonds. The highest BCUT2D eigenvalue weighted by Crippen LogP contribution is 2.24. The molecule has 2 nitrogen and oxygen atoms in total. The average molecular weight is 279 g/mol. The average Bonchev–Trinajstić information content (AvgIpc) is 2.36. The zero-order valence-corrected chi connectivity index (χ0v) is 13.2. The van der Waals surface area contributed by atoms with Crippen LogP contribution in [0.25, 0.3) is 0 Å². The zero-order chi connectivity index (χ0) is 14.0. The second-order valence-electron chi connectivity index (χ2n) is 7.00. The third kappa shape index (κ3) is 5.85. The van der Waals surface area contributed by atoms with Gasteiger partial charge in [0, 0.05) is 12.5 Å². The first-order valence-electron chi connectivity index (χ1n) is 9.14. The van der Waals surface area contributed by atoms with Crippen molar-refractivity contribution in [2.24, 2.45) is 11.8 Å². The fourth-order valence-electron chi connectivity index (χ4n) is 3.85. The minimum absolute atomic E-state index is 0.309. The molecule has 20 heavy (non-hydrogen) atoms. The van der Waals surface area contributed by atoms with E-state index in [4.69, 9.17) is 0 Å². The van der Waals surface area contributed by atoms with E-state index in [0.717, 1.165) is 25.3 Å². The quantitative estimate of drug-likeness (QED) is 0.788. The summed E-state index contributed by atoms with van der Waals surface area (Å²) in [5, 5.41) is 3.28. The summed E-state index contributed by atoms with van der Waals surface area (Å²) in [5.74, 6) is 1.41. The summed E-state index contributed by atoms with van der Waals surface area (Å²) in [7, 11) is 0. The standard InChI is InChI=1S/C18H33NO/c20-18(17-13-9-5-2-6-10-14-17)19-15-16-11-7-3-1-4-8-12-16/h16-17H,1-15H2,(H,19,20). The molecule has 2 aliphatic carbocycles. The van der Waals surface area contributed by atoms with Crippen LogP contribution in [0.4, 0.5) is 0 Å². The molecular weight excluding hydrogens is 246 g/mol. The van der Waals surface area contributed by atoms with Crippen molar-refractivity contribution < 1.29 is 4.79 Å². The Labute approximate surface area is 125 Å². The van der Waals surface area contributed by atoms with E-state index in [9.17, 15) is 4.79 Å². The summed E-state index contributed by atoms with van der Waals surface area (Å²) in [4.78, 5) is 12.3. The third-order valence-corrected chi connectivity index (χ3v) is 5.27. The topological polar surface area (TPSA) is 29.1 Å². The van der Waals surface area contributed by atoms with Crippen molar-refractivity contribution in [3.8, 4) is 0 Å². The van der Waals surface area contributed by atoms with Gasteiger partial charge in [-0.1, -0.05) is 64.2 Å². The second kappa shape index (κ2) is 9.41. The summed E-state index contributed by atoms with van der Waals surface area (Å²) in [6.45, 7) is 0.940. The minimum Gasteiger partial charge on any atom is -0.356 e. The molecule has 0 atom stereocenters. The van der Waals surface area contributed by atoms with Crippen molar-refractivity contribution in [2.45, 2.75) is 89.9 Å². The van der Waals surface area contributed by atoms with Gasteiger partial charge >= 0.3 is 0 Å². The van der Waals surface area contributed by atoms with Crippen LogP contribution in [0.2, 0.25) is 0 Å². The number of hydrogen-bond acceptors (Lipinski definition) is 1. The molecular formula is C18H33NO. The molecule has 0 spiro atoms. The Bertz CT molecular complexity index is 261. The Hall–Kier alpha value is -0.530. The van der Waals surface area contributed by atoms with Crippen molar-refractivity contribution in [1.29, 1.82) is 0 Å². The van der Waals surface area contributed by atoms with Crippen LogP contribution in [-0.2, 0) is 4.79 Å². The molecule has 2 saturated carbocycles. The van der Waals surface area contributed by atoms with Gasteiger partial charge in [0.25, 0.3) is 0 Å². The van der Waals surface area contributed by atoms with Gasteiger partial charge < -0.3 is 5.32 Å². The van der Waals surface area contributed by atoms with E-state index in [1.165, 1.54) is 77.0 Å². The van der Waals surface area contributed by atoms with E-state index in [1.54, 1.807) is 0 Å². The van der Waals surface area contributed by atoms with Crippen molar-refractivity contribution in [2.75, 3.05) is 6.54 Å². The number of nitrogens with one attached hydrogen (secondary N) is 1. The van der Waals surface area contributed by atoms with Crippen LogP contribution in [0.3, 0.4) is 0 Å². The molecule has 0 saturated heterocycles. The highest BCUT2D eigenvalue weighted by Gasteiger charge is 2.20. The van der Waals surface area contributed by atoms with Crippen LogP contribution in [0.5, 0.6) is 0 Å². The molecule has 2 rings (SSSR count). The second-order valence-corrected chi connectivity index (χ2v) is 7.00. The van der Waals surface area contributed by atoms with E-state index < -0.39 is 0 Å². The predicted molar refractivity (Wildman–Crippen MR) is 84.6 cm³/mol. The lowest BCUT2D eigenvalue weighted by Gasteiger charge is -2.23. The Morgan fingerprint density at radius 2 is 1.15 bits per heavy atom. The van der Waals surface area contributed by atoms with Crippen LogP contribution in [0, 0.1) is 11.8 Å². The fraction of sp³-hybridized carbons (Fsp3) is 0.944. The van der Waals surface area contributed by atoms with Crippen LogP contribution < -0.4 is 5.32 Å². The van der Waals surface area contributed by atoms with E-state index in [0.29, 0.717) is 11.8 Å². The van der Waals surface area contributed by atoms with E-state index in [1.807, 2.05) is 0 Å². The summed E-state index contributed by atoms with van der Waals surface area (Å²) in [6.07, 6.45) is 18.4. The van der Waals surface area contributed by atoms with Gasteiger partial charge in [-0.2, -0.15) is 0 Å². The SMILES string of the molecule is O=C(NCC1CCCCCCC1)C1CCCCCCC1. The monoisotopic (exact) mass is 279 g/mol. The lowest BCUT2D eigenvalue weighted by atomic mass is 9.89. The fourth-order valence-corrected chi connectivity index (χ4v) is 3.85. The number of carbonyl (C=O) groups is 1. The lowest BCUT2D eigenvalue weighted by Crippen LogP contribution is -2.35. The Morgan fingerprint density at radius 1 is 0.700 bits per heavy atom. The van der Waals surface area contributed by atoms with Gasteiger partial charge in [0.1, 0.15) is 0 Å². The van der Waals surface area contributed by atoms with Crippen molar-refractivity contribution in [3.63, 3.8) is 0 Å². The first kappa shape index (κ1) is 15.9. The van der Waals surface area contributed by atoms with Gasteiger partial charge in [0.2, 0.25) is 5.91 Å². The molecule has 0 aromatic heterocycles. The van der Waals surface area contributed by atoms with Crippen LogP contribution >= 0.6 is 0 Å². The first-order chi connectivity index (χ1) is 9.86. The highest BCUT2D eigenvalue weighted by atomic mass is 16.1. The smallest absolute Gasteiger partial charge is 0.223 e. The maximum absolute atomic E-state index is 12.3. The van der Waals surface area contributed by atoms with E-state index >= 15 is 0 Å². The highest BCUT2D eigenvalue weighted by molar-refractivity contribution is 5.78. The van der Waals surface area contributed by atoms with E-state index in [2.05, 4.69) is 5.32 Å². The van der Waals surface area contributed by atoms with Crippen molar-refractivity contribution in [3.05, 3.63) is 0 Å². The molecule has 0 aromatic carbocycles. The van der Waals surface area contributed by atoms with Crippen LogP contribution in [0.1, 0.15) is 89.9 Å². The van der Waals surface area contributed by atoms with Gasteiger partial charge in [0.05, 0.1) is 0 Å². The van der Waals surface area contributed by atoms with Gasteiger partial charge in [0.15, 0.2) is 0 Å². The Balaban J connectivity index is 1.69. The zero-order valence-electron chi connectivity index (χ0n) is 13.2. The Morgan fingerprint density at radius 3 is 1.70 bits per heavy atom. The predicted octanol–water partition coefficient (Wildman–Crippen LogP) is 4.82.